The van der Waals surface area contributed by atoms with Crippen LogP contribution >= 0.6 is 0 Å². The second-order valence-electron chi connectivity index (χ2n) is 7.61. The molecular weight excluding hydrogens is 385 g/mol. The molecule has 156 valence electrons. The Kier molecular flexibility index (Phi) is 5.30. The van der Waals surface area contributed by atoms with Crippen LogP contribution in [0.5, 0.6) is 5.75 Å². The quantitative estimate of drug-likeness (QED) is 0.601. The summed E-state index contributed by atoms with van der Waals surface area (Å²) in [6, 6.07) is 9.51. The molecule has 1 amide bonds. The number of nitrogens with zero attached hydrogens (tertiary/aromatic N) is 2. The standard InChI is InChI=1S/C23H24FN3O3/c1-13-11-14(2)22(28)16(12-13)19-18-20(26-25-19)23(29)27(9-6-10-30-3)21(18)15-7-4-5-8-17(15)24/h4-5,7-8,11-12,21,28H,6,9-10H2,1-3H3,(H,25,26). The van der Waals surface area contributed by atoms with Gasteiger partial charge in [-0.2, -0.15) is 5.10 Å². The first-order valence-corrected chi connectivity index (χ1v) is 9.87. The number of aromatic amines is 1. The van der Waals surface area contributed by atoms with Crippen molar-refractivity contribution >= 4 is 5.91 Å². The van der Waals surface area contributed by atoms with Crippen LogP contribution in [-0.4, -0.2) is 46.4 Å². The molecule has 0 fully saturated rings. The number of amides is 1. The second-order valence-corrected chi connectivity index (χ2v) is 7.61. The summed E-state index contributed by atoms with van der Waals surface area (Å²) in [5.41, 5.74) is 3.97. The first-order chi connectivity index (χ1) is 14.4. The van der Waals surface area contributed by atoms with Gasteiger partial charge in [0.1, 0.15) is 23.0 Å². The van der Waals surface area contributed by atoms with Crippen molar-refractivity contribution in [2.45, 2.75) is 26.3 Å². The van der Waals surface area contributed by atoms with Crippen molar-refractivity contribution in [3.05, 3.63) is 70.2 Å². The SMILES string of the molecule is COCCCN1C(=O)c2[nH]nc(-c3cc(C)cc(C)c3O)c2C1c1ccccc1F. The number of phenols is 1. The molecule has 30 heavy (non-hydrogen) atoms. The van der Waals surface area contributed by atoms with Crippen molar-refractivity contribution < 1.29 is 19.0 Å². The van der Waals surface area contributed by atoms with Crippen LogP contribution in [0, 0.1) is 19.7 Å². The van der Waals surface area contributed by atoms with E-state index in [1.807, 2.05) is 26.0 Å². The number of halogens is 1. The molecule has 1 aliphatic heterocycles. The van der Waals surface area contributed by atoms with Gasteiger partial charge in [-0.3, -0.25) is 9.89 Å². The molecule has 7 heteroatoms. The summed E-state index contributed by atoms with van der Waals surface area (Å²) >= 11 is 0. The Hall–Kier alpha value is -3.19. The van der Waals surface area contributed by atoms with Crippen LogP contribution in [0.15, 0.2) is 36.4 Å². The van der Waals surface area contributed by atoms with E-state index in [0.29, 0.717) is 53.2 Å². The van der Waals surface area contributed by atoms with Gasteiger partial charge < -0.3 is 14.7 Å². The zero-order valence-electron chi connectivity index (χ0n) is 17.2. The molecule has 1 aromatic heterocycles. The van der Waals surface area contributed by atoms with E-state index in [9.17, 15) is 14.3 Å². The van der Waals surface area contributed by atoms with Crippen molar-refractivity contribution in [2.24, 2.45) is 0 Å². The lowest BCUT2D eigenvalue weighted by molar-refractivity contribution is 0.0721. The van der Waals surface area contributed by atoms with E-state index in [1.54, 1.807) is 30.2 Å². The fourth-order valence-electron chi connectivity index (χ4n) is 4.17. The van der Waals surface area contributed by atoms with Crippen molar-refractivity contribution in [3.8, 4) is 17.0 Å². The van der Waals surface area contributed by atoms with Crippen LogP contribution in [-0.2, 0) is 4.74 Å². The van der Waals surface area contributed by atoms with Gasteiger partial charge in [0.05, 0.1) is 6.04 Å². The number of carbonyl (C=O) groups excluding carboxylic acids is 1. The molecule has 1 atom stereocenters. The summed E-state index contributed by atoms with van der Waals surface area (Å²) in [4.78, 5) is 14.8. The number of hydrogen-bond acceptors (Lipinski definition) is 4. The number of ether oxygens (including phenoxy) is 1. The smallest absolute Gasteiger partial charge is 0.273 e. The Balaban J connectivity index is 1.90. The number of rotatable bonds is 6. The topological polar surface area (TPSA) is 78.5 Å². The summed E-state index contributed by atoms with van der Waals surface area (Å²) in [7, 11) is 1.60. The normalized spacial score (nSPS) is 15.7. The maximum Gasteiger partial charge on any atom is 0.273 e. The van der Waals surface area contributed by atoms with E-state index in [-0.39, 0.29) is 11.7 Å². The van der Waals surface area contributed by atoms with E-state index < -0.39 is 11.9 Å². The molecular formula is C23H24FN3O3. The number of hydrogen-bond donors (Lipinski definition) is 2. The third kappa shape index (κ3) is 3.25. The molecule has 1 aliphatic rings. The highest BCUT2D eigenvalue weighted by Gasteiger charge is 2.43. The maximum absolute atomic E-state index is 14.8. The minimum atomic E-state index is -0.639. The van der Waals surface area contributed by atoms with Crippen LogP contribution in [0.4, 0.5) is 4.39 Å². The lowest BCUT2D eigenvalue weighted by atomic mass is 9.94. The van der Waals surface area contributed by atoms with Gasteiger partial charge in [0.2, 0.25) is 0 Å². The van der Waals surface area contributed by atoms with Crippen LogP contribution in [0.25, 0.3) is 11.3 Å². The van der Waals surface area contributed by atoms with E-state index >= 15 is 0 Å². The molecule has 0 radical (unpaired) electrons. The number of aromatic hydroxyl groups is 1. The zero-order valence-corrected chi connectivity index (χ0v) is 17.2. The fourth-order valence-corrected chi connectivity index (χ4v) is 4.17. The van der Waals surface area contributed by atoms with Gasteiger partial charge in [-0.15, -0.1) is 0 Å². The van der Waals surface area contributed by atoms with Crippen molar-refractivity contribution in [1.82, 2.24) is 15.1 Å². The molecule has 0 aliphatic carbocycles. The molecule has 0 bridgehead atoms. The van der Waals surface area contributed by atoms with Crippen LogP contribution in [0.3, 0.4) is 0 Å². The lowest BCUT2D eigenvalue weighted by Gasteiger charge is -2.26. The molecule has 0 saturated heterocycles. The Morgan fingerprint density at radius 1 is 1.27 bits per heavy atom. The number of nitrogens with one attached hydrogen (secondary N) is 1. The van der Waals surface area contributed by atoms with E-state index in [2.05, 4.69) is 10.2 Å². The molecule has 2 N–H and O–H groups in total. The fraction of sp³-hybridized carbons (Fsp3) is 0.304. The number of H-pyrrole nitrogens is 1. The number of aromatic nitrogens is 2. The summed E-state index contributed by atoms with van der Waals surface area (Å²) in [5.74, 6) is -0.527. The predicted octanol–water partition coefficient (Wildman–Crippen LogP) is 4.12. The number of benzene rings is 2. The summed E-state index contributed by atoms with van der Waals surface area (Å²) in [6.45, 7) is 4.64. The van der Waals surface area contributed by atoms with E-state index in [0.717, 1.165) is 5.56 Å². The lowest BCUT2D eigenvalue weighted by Crippen LogP contribution is -2.31. The van der Waals surface area contributed by atoms with E-state index in [4.69, 9.17) is 4.74 Å². The third-order valence-electron chi connectivity index (χ3n) is 5.51. The second kappa shape index (κ2) is 7.91. The van der Waals surface area contributed by atoms with Crippen LogP contribution < -0.4 is 0 Å². The van der Waals surface area contributed by atoms with Gasteiger partial charge in [0.25, 0.3) is 5.91 Å². The van der Waals surface area contributed by atoms with Gasteiger partial charge >= 0.3 is 0 Å². The molecule has 0 spiro atoms. The summed E-state index contributed by atoms with van der Waals surface area (Å²) in [5, 5.41) is 17.9. The number of carbonyl (C=O) groups is 1. The molecule has 1 unspecified atom stereocenters. The molecule has 2 aromatic carbocycles. The summed E-state index contributed by atoms with van der Waals surface area (Å²) < 4.78 is 20.0. The highest BCUT2D eigenvalue weighted by atomic mass is 19.1. The largest absolute Gasteiger partial charge is 0.507 e. The van der Waals surface area contributed by atoms with Crippen LogP contribution in [0.1, 0.15) is 45.2 Å². The number of phenolic OH excluding ortho intramolecular Hbond substituents is 1. The van der Waals surface area contributed by atoms with Crippen LogP contribution in [0.2, 0.25) is 0 Å². The van der Waals surface area contributed by atoms with E-state index in [1.165, 1.54) is 6.07 Å². The molecule has 3 aromatic rings. The van der Waals surface area contributed by atoms with Gasteiger partial charge in [-0.1, -0.05) is 24.3 Å². The molecule has 0 saturated carbocycles. The highest BCUT2D eigenvalue weighted by Crippen LogP contribution is 2.45. The minimum Gasteiger partial charge on any atom is -0.507 e. The van der Waals surface area contributed by atoms with Crippen molar-refractivity contribution in [1.29, 1.82) is 0 Å². The predicted molar refractivity (Wildman–Crippen MR) is 111 cm³/mol. The number of fused-ring (bicyclic) bond motifs is 1. The monoisotopic (exact) mass is 409 g/mol. The Morgan fingerprint density at radius 3 is 2.77 bits per heavy atom. The van der Waals surface area contributed by atoms with Crippen molar-refractivity contribution in [3.63, 3.8) is 0 Å². The average Bonchev–Trinajstić information content (AvgIpc) is 3.25. The Labute approximate surface area is 174 Å². The van der Waals surface area contributed by atoms with Gasteiger partial charge in [-0.25, -0.2) is 4.39 Å². The summed E-state index contributed by atoms with van der Waals surface area (Å²) in [6.07, 6.45) is 0.620. The number of methoxy groups -OCH3 is 1. The Morgan fingerprint density at radius 2 is 2.03 bits per heavy atom. The van der Waals surface area contributed by atoms with Gasteiger partial charge in [-0.05, 0) is 43.5 Å². The molecule has 2 heterocycles. The van der Waals surface area contributed by atoms with Gasteiger partial charge in [0, 0.05) is 37.0 Å². The first-order valence-electron chi connectivity index (χ1n) is 9.87. The first kappa shape index (κ1) is 20.1. The zero-order chi connectivity index (χ0) is 21.4. The Bertz CT molecular complexity index is 1110. The third-order valence-corrected chi connectivity index (χ3v) is 5.51. The van der Waals surface area contributed by atoms with Crippen molar-refractivity contribution in [2.75, 3.05) is 20.3 Å². The molecule has 6 nitrogen and oxygen atoms in total. The number of aryl methyl sites for hydroxylation is 2. The average molecular weight is 409 g/mol. The minimum absolute atomic E-state index is 0.104. The molecule has 4 rings (SSSR count). The highest BCUT2D eigenvalue weighted by molar-refractivity contribution is 6.00. The maximum atomic E-state index is 14.8. The van der Waals surface area contributed by atoms with Gasteiger partial charge in [0.15, 0.2) is 0 Å².